The Morgan fingerprint density at radius 2 is 2.03 bits per heavy atom. The summed E-state index contributed by atoms with van der Waals surface area (Å²) < 4.78 is 5.40. The first-order chi connectivity index (χ1) is 17.5. The Hall–Kier alpha value is -3.89. The van der Waals surface area contributed by atoms with Crippen molar-refractivity contribution in [3.05, 3.63) is 30.0 Å². The molecule has 196 valence electrons. The molecule has 2 unspecified atom stereocenters. The molecule has 5 atom stereocenters. The van der Waals surface area contributed by atoms with Crippen LogP contribution in [0.4, 0.5) is 0 Å². The zero-order valence-corrected chi connectivity index (χ0v) is 21.0. The van der Waals surface area contributed by atoms with E-state index in [0.717, 1.165) is 10.9 Å². The summed E-state index contributed by atoms with van der Waals surface area (Å²) in [5.41, 5.74) is 6.15. The maximum Gasteiger partial charge on any atom is 0.287 e. The van der Waals surface area contributed by atoms with E-state index in [1.54, 1.807) is 19.2 Å². The van der Waals surface area contributed by atoms with Gasteiger partial charge in [0.2, 0.25) is 17.6 Å². The van der Waals surface area contributed by atoms with E-state index in [0.29, 0.717) is 31.0 Å². The van der Waals surface area contributed by atoms with Gasteiger partial charge in [0.15, 0.2) is 0 Å². The van der Waals surface area contributed by atoms with Crippen molar-refractivity contribution in [3.63, 3.8) is 0 Å². The van der Waals surface area contributed by atoms with Crippen molar-refractivity contribution in [2.24, 2.45) is 28.9 Å². The molecule has 0 radical (unpaired) electrons. The number of nitrogens with two attached hydrogens (primary N) is 1. The molecule has 3 heterocycles. The van der Waals surface area contributed by atoms with Crippen LogP contribution >= 0.6 is 0 Å². The molecule has 11 heteroatoms. The number of aromatic nitrogens is 1. The molecule has 2 aliphatic heterocycles. The van der Waals surface area contributed by atoms with E-state index in [2.05, 4.69) is 15.6 Å². The van der Waals surface area contributed by atoms with E-state index in [9.17, 15) is 24.0 Å². The average molecular weight is 510 g/mol. The first-order valence-corrected chi connectivity index (χ1v) is 12.4. The molecule has 1 aromatic heterocycles. The molecule has 5 rings (SSSR count). The summed E-state index contributed by atoms with van der Waals surface area (Å²) in [7, 11) is 1.55. The Morgan fingerprint density at radius 1 is 1.27 bits per heavy atom. The molecule has 0 spiro atoms. The Balaban J connectivity index is 1.41. The lowest BCUT2D eigenvalue weighted by atomic mass is 9.94. The number of aromatic amines is 1. The Bertz CT molecular complexity index is 1320. The Kier molecular flexibility index (Phi) is 5.96. The van der Waals surface area contributed by atoms with Crippen LogP contribution < -0.4 is 21.1 Å². The number of methoxy groups -OCH3 is 1. The van der Waals surface area contributed by atoms with Crippen LogP contribution in [0.25, 0.3) is 10.9 Å². The zero-order valence-electron chi connectivity index (χ0n) is 21.0. The summed E-state index contributed by atoms with van der Waals surface area (Å²) in [6.45, 7) is 4.95. The number of ether oxygens (including phenoxy) is 1. The van der Waals surface area contributed by atoms with E-state index in [1.165, 1.54) is 4.90 Å². The number of fused-ring (bicyclic) bond motifs is 2. The van der Waals surface area contributed by atoms with Crippen molar-refractivity contribution in [2.45, 2.75) is 38.8 Å². The summed E-state index contributed by atoms with van der Waals surface area (Å²) in [5, 5.41) is 6.11. The van der Waals surface area contributed by atoms with E-state index in [1.807, 2.05) is 26.0 Å². The van der Waals surface area contributed by atoms with Crippen LogP contribution in [-0.4, -0.2) is 71.6 Å². The number of amides is 4. The molecule has 2 saturated heterocycles. The number of H-pyrrole nitrogens is 1. The highest BCUT2D eigenvalue weighted by molar-refractivity contribution is 6.38. The van der Waals surface area contributed by atoms with E-state index in [-0.39, 0.29) is 35.5 Å². The summed E-state index contributed by atoms with van der Waals surface area (Å²) in [4.78, 5) is 68.3. The number of benzene rings is 1. The van der Waals surface area contributed by atoms with E-state index < -0.39 is 35.6 Å². The quantitative estimate of drug-likeness (QED) is 0.375. The van der Waals surface area contributed by atoms with Crippen LogP contribution in [0, 0.1) is 23.2 Å². The highest BCUT2D eigenvalue weighted by Gasteiger charge is 2.69. The van der Waals surface area contributed by atoms with Crippen molar-refractivity contribution >= 4 is 40.3 Å². The van der Waals surface area contributed by atoms with Gasteiger partial charge in [-0.15, -0.1) is 0 Å². The number of hydrogen-bond acceptors (Lipinski definition) is 6. The SMILES string of the molecule is COc1cccc2[nH]c(C(=O)N3C[C@H]4C([C@H]3C(=O)N[C@@H](CC3CCNC3=O)C(=O)C(N)=O)C4(C)C)cc12. The lowest BCUT2D eigenvalue weighted by Gasteiger charge is -2.31. The molecule has 3 fully saturated rings. The molecule has 11 nitrogen and oxygen atoms in total. The van der Waals surface area contributed by atoms with Crippen molar-refractivity contribution in [3.8, 4) is 5.75 Å². The van der Waals surface area contributed by atoms with E-state index >= 15 is 0 Å². The second kappa shape index (κ2) is 8.89. The first-order valence-electron chi connectivity index (χ1n) is 12.4. The molecule has 1 saturated carbocycles. The molecule has 1 aliphatic carbocycles. The van der Waals surface area contributed by atoms with Gasteiger partial charge >= 0.3 is 0 Å². The number of Topliss-reactive ketones (excluding diaryl/α,β-unsaturated/α-hetero) is 1. The molecule has 2 aromatic rings. The van der Waals surface area contributed by atoms with Gasteiger partial charge in [-0.3, -0.25) is 24.0 Å². The van der Waals surface area contributed by atoms with Crippen LogP contribution in [0.1, 0.15) is 37.2 Å². The molecule has 0 bridgehead atoms. The van der Waals surface area contributed by atoms with Gasteiger partial charge in [0.05, 0.1) is 13.2 Å². The van der Waals surface area contributed by atoms with Gasteiger partial charge in [-0.1, -0.05) is 19.9 Å². The lowest BCUT2D eigenvalue weighted by molar-refractivity contribution is -0.139. The highest BCUT2D eigenvalue weighted by Crippen LogP contribution is 2.65. The number of likely N-dealkylation sites (tertiary alicyclic amines) is 1. The number of nitrogens with zero attached hydrogens (tertiary/aromatic N) is 1. The molecule has 5 N–H and O–H groups in total. The molecule has 3 aliphatic rings. The highest BCUT2D eigenvalue weighted by atomic mass is 16.5. The minimum absolute atomic E-state index is 0.0285. The zero-order chi connectivity index (χ0) is 26.6. The number of piperidine rings is 1. The predicted molar refractivity (Wildman–Crippen MR) is 132 cm³/mol. The number of carbonyl (C=O) groups is 5. The fourth-order valence-corrected chi connectivity index (χ4v) is 6.19. The smallest absolute Gasteiger partial charge is 0.287 e. The monoisotopic (exact) mass is 509 g/mol. The molecule has 1 aromatic carbocycles. The Labute approximate surface area is 213 Å². The van der Waals surface area contributed by atoms with Crippen molar-refractivity contribution < 1.29 is 28.7 Å². The van der Waals surface area contributed by atoms with Crippen LogP contribution in [0.3, 0.4) is 0 Å². The van der Waals surface area contributed by atoms with Crippen molar-refractivity contribution in [1.29, 1.82) is 0 Å². The summed E-state index contributed by atoms with van der Waals surface area (Å²) >= 11 is 0. The molecule has 4 amide bonds. The summed E-state index contributed by atoms with van der Waals surface area (Å²) in [6, 6.07) is 5.09. The third kappa shape index (κ3) is 4.11. The van der Waals surface area contributed by atoms with Gasteiger partial charge in [-0.25, -0.2) is 0 Å². The van der Waals surface area contributed by atoms with Crippen LogP contribution in [0.5, 0.6) is 5.75 Å². The predicted octanol–water partition coefficient (Wildman–Crippen LogP) is 0.339. The number of carbonyl (C=O) groups excluding carboxylic acids is 5. The maximum atomic E-state index is 13.6. The van der Waals surface area contributed by atoms with Crippen molar-refractivity contribution in [1.82, 2.24) is 20.5 Å². The van der Waals surface area contributed by atoms with Crippen LogP contribution in [-0.2, 0) is 19.2 Å². The third-order valence-corrected chi connectivity index (χ3v) is 8.37. The van der Waals surface area contributed by atoms with Gasteiger partial charge in [0.1, 0.15) is 17.5 Å². The normalized spacial score (nSPS) is 26.4. The topological polar surface area (TPSA) is 164 Å². The van der Waals surface area contributed by atoms with Crippen LogP contribution in [0.15, 0.2) is 24.3 Å². The van der Waals surface area contributed by atoms with Crippen molar-refractivity contribution in [2.75, 3.05) is 20.2 Å². The Morgan fingerprint density at radius 3 is 2.68 bits per heavy atom. The van der Waals surface area contributed by atoms with Gasteiger partial charge in [0, 0.05) is 29.9 Å². The fraction of sp³-hybridized carbons (Fsp3) is 0.500. The van der Waals surface area contributed by atoms with E-state index in [4.69, 9.17) is 10.5 Å². The molecular weight excluding hydrogens is 478 g/mol. The van der Waals surface area contributed by atoms with Gasteiger partial charge in [-0.2, -0.15) is 0 Å². The minimum atomic E-state index is -1.24. The summed E-state index contributed by atoms with van der Waals surface area (Å²) in [6.07, 6.45) is 0.464. The maximum absolute atomic E-state index is 13.6. The summed E-state index contributed by atoms with van der Waals surface area (Å²) in [5.74, 6) is -3.11. The first kappa shape index (κ1) is 24.8. The minimum Gasteiger partial charge on any atom is -0.496 e. The largest absolute Gasteiger partial charge is 0.496 e. The van der Waals surface area contributed by atoms with Gasteiger partial charge in [-0.05, 0) is 48.3 Å². The molecule has 37 heavy (non-hydrogen) atoms. The van der Waals surface area contributed by atoms with Gasteiger partial charge in [0.25, 0.3) is 11.8 Å². The molecular formula is C26H31N5O6. The number of rotatable bonds is 8. The lowest BCUT2D eigenvalue weighted by Crippen LogP contribution is -2.55. The number of hydrogen-bond donors (Lipinski definition) is 4. The second-order valence-corrected chi connectivity index (χ2v) is 10.8. The standard InChI is InChI=1S/C26H31N5O6/c1-26(2)14-11-31(25(36)17-10-13-15(29-17)5-4-6-18(13)37-3)20(19(14)26)24(35)30-16(21(32)22(27)33)9-12-7-8-28-23(12)34/h4-6,10,12,14,16,19-20,29H,7-9,11H2,1-3H3,(H2,27,33)(H,28,34)(H,30,35)/t12?,14-,16-,19?,20-/m0/s1. The number of nitrogens with one attached hydrogen (secondary N) is 3. The fourth-order valence-electron chi connectivity index (χ4n) is 6.19. The number of ketones is 1. The van der Waals surface area contributed by atoms with Crippen LogP contribution in [0.2, 0.25) is 0 Å². The third-order valence-electron chi connectivity index (χ3n) is 8.37. The second-order valence-electron chi connectivity index (χ2n) is 10.8. The van der Waals surface area contributed by atoms with Gasteiger partial charge < -0.3 is 31.0 Å². The average Bonchev–Trinajstić information content (AvgIpc) is 3.38. The number of primary amides is 1.